The van der Waals surface area contributed by atoms with Gasteiger partial charge in [-0.05, 0) is 28.6 Å². The van der Waals surface area contributed by atoms with Crippen molar-refractivity contribution in [3.63, 3.8) is 0 Å². The molecule has 0 fully saturated rings. The summed E-state index contributed by atoms with van der Waals surface area (Å²) in [4.78, 5) is 0. The number of rotatable bonds is 1. The van der Waals surface area contributed by atoms with Crippen LogP contribution < -0.4 is 0 Å². The van der Waals surface area contributed by atoms with Gasteiger partial charge in [0.05, 0.1) is 0 Å². The lowest BCUT2D eigenvalue weighted by atomic mass is 9.91. The Labute approximate surface area is 129 Å². The molecular weight excluding hydrogens is 268 g/mol. The summed E-state index contributed by atoms with van der Waals surface area (Å²) in [6.07, 6.45) is 0. The van der Waals surface area contributed by atoms with E-state index in [1.165, 1.54) is 10.9 Å². The minimum Gasteiger partial charge on any atom is -0.507 e. The number of fused-ring (bicyclic) bond motifs is 3. The first-order chi connectivity index (χ1) is 10.8. The quantitative estimate of drug-likeness (QED) is 0.446. The highest BCUT2D eigenvalue weighted by Crippen LogP contribution is 2.43. The molecule has 0 aliphatic heterocycles. The highest BCUT2D eigenvalue weighted by atomic mass is 16.3. The molecule has 0 aliphatic rings. The number of aryl methyl sites for hydroxylation is 1. The van der Waals surface area contributed by atoms with Crippen LogP contribution in [0.5, 0.6) is 5.75 Å². The number of hydrogen-bond acceptors (Lipinski definition) is 1. The fraction of sp³-hybridized carbons (Fsp3) is 0.0476. The van der Waals surface area contributed by atoms with E-state index >= 15 is 0 Å². The van der Waals surface area contributed by atoms with E-state index in [0.717, 1.165) is 27.3 Å². The molecule has 0 aromatic heterocycles. The van der Waals surface area contributed by atoms with Gasteiger partial charge in [0.2, 0.25) is 0 Å². The normalized spacial score (nSPS) is 11.1. The minimum atomic E-state index is 0.359. The number of aromatic hydroxyl groups is 1. The van der Waals surface area contributed by atoms with Crippen molar-refractivity contribution in [2.75, 3.05) is 0 Å². The van der Waals surface area contributed by atoms with E-state index in [-0.39, 0.29) is 0 Å². The number of phenols is 1. The summed E-state index contributed by atoms with van der Waals surface area (Å²) < 4.78 is 0. The first-order valence-electron chi connectivity index (χ1n) is 7.45. The summed E-state index contributed by atoms with van der Waals surface area (Å²) in [6.45, 7) is 2.10. The van der Waals surface area contributed by atoms with Crippen LogP contribution in [-0.4, -0.2) is 5.11 Å². The van der Waals surface area contributed by atoms with Gasteiger partial charge in [-0.15, -0.1) is 0 Å². The molecule has 0 heterocycles. The van der Waals surface area contributed by atoms with Gasteiger partial charge >= 0.3 is 0 Å². The van der Waals surface area contributed by atoms with E-state index < -0.39 is 0 Å². The molecule has 0 bridgehead atoms. The van der Waals surface area contributed by atoms with Crippen LogP contribution >= 0.6 is 0 Å². The topological polar surface area (TPSA) is 20.2 Å². The molecular formula is C21H16O. The van der Waals surface area contributed by atoms with Crippen molar-refractivity contribution in [1.82, 2.24) is 0 Å². The molecule has 106 valence electrons. The molecule has 1 heteroatoms. The predicted molar refractivity (Wildman–Crippen MR) is 93.3 cm³/mol. The zero-order valence-electron chi connectivity index (χ0n) is 12.4. The van der Waals surface area contributed by atoms with Crippen LogP contribution in [0, 0.1) is 6.92 Å². The lowest BCUT2D eigenvalue weighted by Crippen LogP contribution is -1.87. The SMILES string of the molecule is Cc1ccc2c(-c3ccccc3)c(O)c3ccccc3c2c1. The van der Waals surface area contributed by atoms with Gasteiger partial charge in [-0.2, -0.15) is 0 Å². The van der Waals surface area contributed by atoms with Crippen molar-refractivity contribution in [3.8, 4) is 16.9 Å². The molecule has 0 amide bonds. The Balaban J connectivity index is 2.26. The van der Waals surface area contributed by atoms with E-state index in [0.29, 0.717) is 5.75 Å². The van der Waals surface area contributed by atoms with Crippen LogP contribution in [0.4, 0.5) is 0 Å². The van der Waals surface area contributed by atoms with Crippen molar-refractivity contribution in [3.05, 3.63) is 78.4 Å². The molecule has 0 saturated heterocycles. The zero-order chi connectivity index (χ0) is 15.1. The van der Waals surface area contributed by atoms with E-state index in [9.17, 15) is 5.11 Å². The third-order valence-electron chi connectivity index (χ3n) is 4.22. The summed E-state index contributed by atoms with van der Waals surface area (Å²) in [5, 5.41) is 15.1. The maximum atomic E-state index is 10.9. The molecule has 0 aliphatic carbocycles. The van der Waals surface area contributed by atoms with E-state index in [4.69, 9.17) is 0 Å². The summed E-state index contributed by atoms with van der Waals surface area (Å²) in [5.41, 5.74) is 3.18. The predicted octanol–water partition coefficient (Wildman–Crippen LogP) is 5.67. The van der Waals surface area contributed by atoms with Gasteiger partial charge in [-0.25, -0.2) is 0 Å². The first kappa shape index (κ1) is 12.9. The van der Waals surface area contributed by atoms with Gasteiger partial charge in [0.15, 0.2) is 0 Å². The van der Waals surface area contributed by atoms with Gasteiger partial charge in [-0.3, -0.25) is 0 Å². The van der Waals surface area contributed by atoms with Crippen molar-refractivity contribution in [2.45, 2.75) is 6.92 Å². The average molecular weight is 284 g/mol. The Morgan fingerprint density at radius 2 is 1.32 bits per heavy atom. The van der Waals surface area contributed by atoms with Crippen molar-refractivity contribution >= 4 is 21.5 Å². The molecule has 0 unspecified atom stereocenters. The molecule has 22 heavy (non-hydrogen) atoms. The fourth-order valence-corrected chi connectivity index (χ4v) is 3.18. The summed E-state index contributed by atoms with van der Waals surface area (Å²) in [7, 11) is 0. The van der Waals surface area contributed by atoms with Crippen LogP contribution in [0.15, 0.2) is 72.8 Å². The molecule has 0 saturated carbocycles. The lowest BCUT2D eigenvalue weighted by molar-refractivity contribution is 0.484. The summed E-state index contributed by atoms with van der Waals surface area (Å²) >= 11 is 0. The Hall–Kier alpha value is -2.80. The molecule has 4 aromatic carbocycles. The third-order valence-corrected chi connectivity index (χ3v) is 4.22. The minimum absolute atomic E-state index is 0.359. The van der Waals surface area contributed by atoms with Crippen LogP contribution in [-0.2, 0) is 0 Å². The number of hydrogen-bond donors (Lipinski definition) is 1. The molecule has 0 radical (unpaired) electrons. The second kappa shape index (κ2) is 4.88. The molecule has 1 N–H and O–H groups in total. The summed E-state index contributed by atoms with van der Waals surface area (Å²) in [5.74, 6) is 0.359. The Morgan fingerprint density at radius 3 is 2.09 bits per heavy atom. The Bertz CT molecular complexity index is 985. The largest absolute Gasteiger partial charge is 0.507 e. The molecule has 4 rings (SSSR count). The van der Waals surface area contributed by atoms with Gasteiger partial charge in [0.1, 0.15) is 5.75 Å². The van der Waals surface area contributed by atoms with Gasteiger partial charge in [0.25, 0.3) is 0 Å². The van der Waals surface area contributed by atoms with Gasteiger partial charge < -0.3 is 5.11 Å². The van der Waals surface area contributed by atoms with Crippen molar-refractivity contribution < 1.29 is 5.11 Å². The van der Waals surface area contributed by atoms with Crippen LogP contribution in [0.3, 0.4) is 0 Å². The Morgan fingerprint density at radius 1 is 0.636 bits per heavy atom. The zero-order valence-corrected chi connectivity index (χ0v) is 12.4. The molecule has 4 aromatic rings. The van der Waals surface area contributed by atoms with E-state index in [2.05, 4.69) is 31.2 Å². The lowest BCUT2D eigenvalue weighted by Gasteiger charge is -2.14. The van der Waals surface area contributed by atoms with Crippen molar-refractivity contribution in [1.29, 1.82) is 0 Å². The monoisotopic (exact) mass is 284 g/mol. The second-order valence-corrected chi connectivity index (χ2v) is 5.68. The molecule has 1 nitrogen and oxygen atoms in total. The first-order valence-corrected chi connectivity index (χ1v) is 7.45. The number of benzene rings is 4. The standard InChI is InChI=1S/C21H16O/c1-14-11-12-17-19(13-14)16-9-5-6-10-18(16)21(22)20(17)15-7-3-2-4-8-15/h2-13,22H,1H3. The highest BCUT2D eigenvalue weighted by Gasteiger charge is 2.14. The van der Waals surface area contributed by atoms with Gasteiger partial charge in [0, 0.05) is 10.9 Å². The van der Waals surface area contributed by atoms with Crippen LogP contribution in [0.2, 0.25) is 0 Å². The fourth-order valence-electron chi connectivity index (χ4n) is 3.18. The third kappa shape index (κ3) is 1.86. The second-order valence-electron chi connectivity index (χ2n) is 5.68. The van der Waals surface area contributed by atoms with Crippen LogP contribution in [0.1, 0.15) is 5.56 Å². The average Bonchev–Trinajstić information content (AvgIpc) is 2.57. The molecule has 0 spiro atoms. The maximum Gasteiger partial charge on any atom is 0.131 e. The van der Waals surface area contributed by atoms with Gasteiger partial charge in [-0.1, -0.05) is 78.4 Å². The van der Waals surface area contributed by atoms with Crippen molar-refractivity contribution in [2.24, 2.45) is 0 Å². The maximum absolute atomic E-state index is 10.9. The smallest absolute Gasteiger partial charge is 0.131 e. The number of phenolic OH excluding ortho intramolecular Hbond substituents is 1. The summed E-state index contributed by atoms with van der Waals surface area (Å²) in [6, 6.07) is 24.6. The van der Waals surface area contributed by atoms with E-state index in [1.807, 2.05) is 48.5 Å². The van der Waals surface area contributed by atoms with E-state index in [1.54, 1.807) is 0 Å². The highest BCUT2D eigenvalue weighted by molar-refractivity contribution is 6.17. The Kier molecular flexibility index (Phi) is 2.87. The van der Waals surface area contributed by atoms with Crippen LogP contribution in [0.25, 0.3) is 32.7 Å². The molecule has 0 atom stereocenters.